The topological polar surface area (TPSA) is 79.2 Å². The van der Waals surface area contributed by atoms with E-state index in [1.165, 1.54) is 28.9 Å². The Kier molecular flexibility index (Phi) is 4.48. The molecule has 6 rings (SSSR count). The Bertz CT molecular complexity index is 1240. The summed E-state index contributed by atoms with van der Waals surface area (Å²) < 4.78 is 30.4. The van der Waals surface area contributed by atoms with Gasteiger partial charge >= 0.3 is 0 Å². The van der Waals surface area contributed by atoms with Crippen LogP contribution in [-0.4, -0.2) is 63.8 Å². The molecule has 1 spiro atoms. The number of rotatable bonds is 3. The van der Waals surface area contributed by atoms with Gasteiger partial charge in [-0.25, -0.2) is 18.4 Å². The van der Waals surface area contributed by atoms with Crippen LogP contribution in [0.25, 0.3) is 16.9 Å². The first-order chi connectivity index (χ1) is 15.9. The van der Waals surface area contributed by atoms with Crippen LogP contribution in [0.4, 0.5) is 14.7 Å². The van der Waals surface area contributed by atoms with Crippen molar-refractivity contribution in [3.8, 4) is 16.9 Å². The van der Waals surface area contributed by atoms with Crippen molar-refractivity contribution in [1.82, 2.24) is 30.0 Å². The summed E-state index contributed by atoms with van der Waals surface area (Å²) in [5, 5.41) is 7.36. The van der Waals surface area contributed by atoms with Gasteiger partial charge in [0.1, 0.15) is 18.0 Å². The van der Waals surface area contributed by atoms with Gasteiger partial charge in [-0.1, -0.05) is 6.07 Å². The van der Waals surface area contributed by atoms with Crippen LogP contribution in [-0.2, 0) is 6.54 Å². The normalized spacial score (nSPS) is 19.5. The third kappa shape index (κ3) is 3.28. The highest BCUT2D eigenvalue weighted by Crippen LogP contribution is 2.40. The molecular weight excluding hydrogens is 428 g/mol. The molecule has 3 aliphatic heterocycles. The van der Waals surface area contributed by atoms with E-state index in [9.17, 15) is 13.6 Å². The molecule has 0 radical (unpaired) electrons. The van der Waals surface area contributed by atoms with Crippen LogP contribution in [0.5, 0.6) is 0 Å². The molecule has 10 heteroatoms. The Morgan fingerprint density at radius 2 is 1.82 bits per heavy atom. The number of hydrogen-bond acceptors (Lipinski definition) is 6. The van der Waals surface area contributed by atoms with Gasteiger partial charge in [0.2, 0.25) is 5.95 Å². The first kappa shape index (κ1) is 20.2. The number of carbonyl (C=O) groups is 1. The van der Waals surface area contributed by atoms with Crippen molar-refractivity contribution >= 4 is 11.9 Å². The quantitative estimate of drug-likeness (QED) is 0.659. The SMILES string of the molecule is CN1CC2(CCN(c3ncn(-c4cc(-c5c(F)cccc5F)nc5c4C(=O)NC5)n3)CC2)C1. The summed E-state index contributed by atoms with van der Waals surface area (Å²) in [7, 11) is 2.14. The van der Waals surface area contributed by atoms with Crippen molar-refractivity contribution in [3.05, 3.63) is 53.5 Å². The van der Waals surface area contributed by atoms with Crippen LogP contribution in [0.15, 0.2) is 30.6 Å². The lowest BCUT2D eigenvalue weighted by molar-refractivity contribution is 0.00111. The minimum Gasteiger partial charge on any atom is -0.346 e. The lowest BCUT2D eigenvalue weighted by Gasteiger charge is -2.52. The number of likely N-dealkylation sites (tertiary alicyclic amines) is 1. The van der Waals surface area contributed by atoms with Crippen molar-refractivity contribution in [2.75, 3.05) is 38.1 Å². The van der Waals surface area contributed by atoms with Gasteiger partial charge in [0, 0.05) is 26.2 Å². The van der Waals surface area contributed by atoms with Gasteiger partial charge in [-0.2, -0.15) is 4.98 Å². The molecule has 3 aliphatic rings. The number of hydrogen-bond donors (Lipinski definition) is 1. The molecule has 1 aromatic carbocycles. The number of anilines is 1. The molecule has 2 fully saturated rings. The molecule has 0 bridgehead atoms. The van der Waals surface area contributed by atoms with E-state index in [2.05, 4.69) is 37.2 Å². The molecule has 0 saturated carbocycles. The minimum absolute atomic E-state index is 0.113. The first-order valence-corrected chi connectivity index (χ1v) is 11.0. The number of nitrogens with zero attached hydrogens (tertiary/aromatic N) is 6. The largest absolute Gasteiger partial charge is 0.346 e. The molecule has 3 aromatic rings. The van der Waals surface area contributed by atoms with Gasteiger partial charge in [0.25, 0.3) is 5.91 Å². The van der Waals surface area contributed by atoms with Crippen LogP contribution < -0.4 is 10.2 Å². The van der Waals surface area contributed by atoms with E-state index in [0.717, 1.165) is 39.0 Å². The number of benzene rings is 1. The highest BCUT2D eigenvalue weighted by Gasteiger charge is 2.43. The van der Waals surface area contributed by atoms with Gasteiger partial charge in [-0.3, -0.25) is 4.79 Å². The minimum atomic E-state index is -0.714. The third-order valence-electron chi connectivity index (χ3n) is 6.98. The van der Waals surface area contributed by atoms with Crippen LogP contribution in [0.3, 0.4) is 0 Å². The average Bonchev–Trinajstić information content (AvgIpc) is 3.40. The van der Waals surface area contributed by atoms with Crippen molar-refractivity contribution in [2.45, 2.75) is 19.4 Å². The molecule has 8 nitrogen and oxygen atoms in total. The van der Waals surface area contributed by atoms with E-state index in [4.69, 9.17) is 0 Å². The highest BCUT2D eigenvalue weighted by atomic mass is 19.1. The Morgan fingerprint density at radius 1 is 1.09 bits per heavy atom. The van der Waals surface area contributed by atoms with Gasteiger partial charge in [-0.15, -0.1) is 5.10 Å². The fourth-order valence-electron chi connectivity index (χ4n) is 5.37. The number of piperidine rings is 1. The van der Waals surface area contributed by atoms with E-state index in [0.29, 0.717) is 28.3 Å². The summed E-state index contributed by atoms with van der Waals surface area (Å²) in [6.07, 6.45) is 3.73. The summed E-state index contributed by atoms with van der Waals surface area (Å²) in [6, 6.07) is 5.18. The summed E-state index contributed by atoms with van der Waals surface area (Å²) in [5.74, 6) is -1.14. The average molecular weight is 451 g/mol. The number of fused-ring (bicyclic) bond motifs is 1. The van der Waals surface area contributed by atoms with Crippen molar-refractivity contribution in [1.29, 1.82) is 0 Å². The zero-order valence-corrected chi connectivity index (χ0v) is 18.2. The number of aromatic nitrogens is 4. The Morgan fingerprint density at radius 3 is 2.52 bits per heavy atom. The Labute approximate surface area is 189 Å². The molecule has 2 aromatic heterocycles. The Balaban J connectivity index is 1.35. The van der Waals surface area contributed by atoms with Gasteiger partial charge < -0.3 is 15.1 Å². The fourth-order valence-corrected chi connectivity index (χ4v) is 5.37. The number of amides is 1. The molecular formula is C23H23F2N7O. The van der Waals surface area contributed by atoms with Crippen LogP contribution in [0.1, 0.15) is 28.9 Å². The zero-order valence-electron chi connectivity index (χ0n) is 18.2. The fraction of sp³-hybridized carbons (Fsp3) is 0.391. The second kappa shape index (κ2) is 7.31. The predicted molar refractivity (Wildman–Crippen MR) is 117 cm³/mol. The van der Waals surface area contributed by atoms with E-state index in [1.807, 2.05) is 0 Å². The summed E-state index contributed by atoms with van der Waals surface area (Å²) in [4.78, 5) is 25.9. The molecule has 1 N–H and O–H groups in total. The van der Waals surface area contributed by atoms with E-state index in [-0.39, 0.29) is 23.7 Å². The van der Waals surface area contributed by atoms with Crippen molar-refractivity contribution in [2.24, 2.45) is 5.41 Å². The van der Waals surface area contributed by atoms with Crippen LogP contribution >= 0.6 is 0 Å². The third-order valence-corrected chi connectivity index (χ3v) is 6.98. The maximum absolute atomic E-state index is 14.5. The smallest absolute Gasteiger partial charge is 0.255 e. The first-order valence-electron chi connectivity index (χ1n) is 11.0. The van der Waals surface area contributed by atoms with Gasteiger partial charge in [-0.05, 0) is 43.5 Å². The summed E-state index contributed by atoms with van der Waals surface area (Å²) >= 11 is 0. The molecule has 170 valence electrons. The monoisotopic (exact) mass is 451 g/mol. The molecule has 2 saturated heterocycles. The van der Waals surface area contributed by atoms with E-state index < -0.39 is 11.6 Å². The summed E-state index contributed by atoms with van der Waals surface area (Å²) in [5.41, 5.74) is 1.48. The van der Waals surface area contributed by atoms with E-state index in [1.54, 1.807) is 6.33 Å². The van der Waals surface area contributed by atoms with Crippen LogP contribution in [0, 0.1) is 17.0 Å². The molecule has 0 atom stereocenters. The second-order valence-electron chi connectivity index (χ2n) is 9.28. The maximum Gasteiger partial charge on any atom is 0.255 e. The standard InChI is InChI=1S/C23H23F2N7O/c1-30-11-23(12-30)5-7-31(8-6-23)22-27-13-32(29-22)18-9-16(19-14(24)3-2-4-15(19)25)28-17-10-26-21(33)20(17)18/h2-4,9,13H,5-8,10-12H2,1H3,(H,26,33). The Hall–Kier alpha value is -3.40. The van der Waals surface area contributed by atoms with Crippen molar-refractivity contribution in [3.63, 3.8) is 0 Å². The number of halogens is 2. The lowest BCUT2D eigenvalue weighted by atomic mass is 9.72. The molecule has 0 aliphatic carbocycles. The number of nitrogens with one attached hydrogen (secondary N) is 1. The van der Waals surface area contributed by atoms with Crippen LogP contribution in [0.2, 0.25) is 0 Å². The molecule has 33 heavy (non-hydrogen) atoms. The summed E-state index contributed by atoms with van der Waals surface area (Å²) in [6.45, 7) is 4.21. The second-order valence-corrected chi connectivity index (χ2v) is 9.28. The molecule has 1 amide bonds. The van der Waals surface area contributed by atoms with Gasteiger partial charge in [0.05, 0.1) is 34.7 Å². The number of carbonyl (C=O) groups excluding carboxylic acids is 1. The number of pyridine rings is 1. The predicted octanol–water partition coefficient (Wildman–Crippen LogP) is 2.38. The zero-order chi connectivity index (χ0) is 22.7. The molecule has 0 unspecified atom stereocenters. The highest BCUT2D eigenvalue weighted by molar-refractivity contribution is 6.01. The maximum atomic E-state index is 14.5. The van der Waals surface area contributed by atoms with E-state index >= 15 is 0 Å². The molecule has 5 heterocycles. The lowest BCUT2D eigenvalue weighted by Crippen LogP contribution is -2.58. The van der Waals surface area contributed by atoms with Gasteiger partial charge in [0.15, 0.2) is 0 Å². The van der Waals surface area contributed by atoms with Crippen molar-refractivity contribution < 1.29 is 13.6 Å².